The largest absolute Gasteiger partial charge is 0.488 e. The van der Waals surface area contributed by atoms with Crippen molar-refractivity contribution >= 4 is 24.9 Å². The summed E-state index contributed by atoms with van der Waals surface area (Å²) in [5, 5.41) is 2.24. The SMILES string of the molecule is Cc1cc(Cl)cc(C)c1OCc1ccc([Si](C)(C)C)cc1. The number of ether oxygens (including phenoxy) is 1. The zero-order chi connectivity index (χ0) is 15.6. The van der Waals surface area contributed by atoms with Crippen molar-refractivity contribution in [1.82, 2.24) is 0 Å². The van der Waals surface area contributed by atoms with E-state index < -0.39 is 8.07 Å². The molecule has 0 spiro atoms. The van der Waals surface area contributed by atoms with Crippen LogP contribution in [0.5, 0.6) is 5.75 Å². The lowest BCUT2D eigenvalue weighted by atomic mass is 10.1. The van der Waals surface area contributed by atoms with E-state index in [1.165, 1.54) is 10.8 Å². The van der Waals surface area contributed by atoms with Gasteiger partial charge >= 0.3 is 0 Å². The number of benzene rings is 2. The Morgan fingerprint density at radius 1 is 0.952 bits per heavy atom. The minimum Gasteiger partial charge on any atom is -0.488 e. The van der Waals surface area contributed by atoms with E-state index in [1.807, 2.05) is 26.0 Å². The van der Waals surface area contributed by atoms with Crippen molar-refractivity contribution in [2.45, 2.75) is 40.1 Å². The van der Waals surface area contributed by atoms with Gasteiger partial charge in [-0.25, -0.2) is 0 Å². The van der Waals surface area contributed by atoms with E-state index in [1.54, 1.807) is 0 Å². The highest BCUT2D eigenvalue weighted by molar-refractivity contribution is 6.88. The maximum atomic E-state index is 6.05. The summed E-state index contributed by atoms with van der Waals surface area (Å²) in [5.74, 6) is 0.939. The van der Waals surface area contributed by atoms with Crippen LogP contribution in [0.3, 0.4) is 0 Å². The number of hydrogen-bond acceptors (Lipinski definition) is 1. The van der Waals surface area contributed by atoms with Crippen molar-refractivity contribution in [2.75, 3.05) is 0 Å². The fourth-order valence-corrected chi connectivity index (χ4v) is 3.88. The van der Waals surface area contributed by atoms with E-state index >= 15 is 0 Å². The molecule has 0 aliphatic heterocycles. The van der Waals surface area contributed by atoms with Gasteiger partial charge in [-0.05, 0) is 42.7 Å². The van der Waals surface area contributed by atoms with Gasteiger partial charge in [-0.15, -0.1) is 0 Å². The van der Waals surface area contributed by atoms with E-state index in [0.717, 1.165) is 21.9 Å². The summed E-state index contributed by atoms with van der Waals surface area (Å²) in [7, 11) is -1.22. The molecule has 0 saturated carbocycles. The number of hydrogen-bond donors (Lipinski definition) is 0. The molecule has 0 radical (unpaired) electrons. The first-order valence-corrected chi connectivity index (χ1v) is 11.1. The lowest BCUT2D eigenvalue weighted by Crippen LogP contribution is -2.37. The average Bonchev–Trinajstić information content (AvgIpc) is 2.37. The van der Waals surface area contributed by atoms with Crippen molar-refractivity contribution in [1.29, 1.82) is 0 Å². The summed E-state index contributed by atoms with van der Waals surface area (Å²) in [5.41, 5.74) is 3.36. The van der Waals surface area contributed by atoms with E-state index in [2.05, 4.69) is 43.9 Å². The van der Waals surface area contributed by atoms with E-state index in [0.29, 0.717) is 6.61 Å². The Balaban J connectivity index is 2.10. The topological polar surface area (TPSA) is 9.23 Å². The second kappa shape index (κ2) is 6.25. The molecule has 0 bridgehead atoms. The van der Waals surface area contributed by atoms with Crippen LogP contribution in [0.1, 0.15) is 16.7 Å². The third-order valence-corrected chi connectivity index (χ3v) is 5.91. The van der Waals surface area contributed by atoms with E-state index in [-0.39, 0.29) is 0 Å². The molecule has 3 heteroatoms. The second-order valence-corrected chi connectivity index (χ2v) is 12.1. The van der Waals surface area contributed by atoms with Gasteiger partial charge in [0.05, 0.1) is 8.07 Å². The van der Waals surface area contributed by atoms with Gasteiger partial charge < -0.3 is 4.74 Å². The summed E-state index contributed by atoms with van der Waals surface area (Å²) < 4.78 is 5.99. The Kier molecular flexibility index (Phi) is 4.80. The fourth-order valence-electron chi connectivity index (χ4n) is 2.38. The number of halogens is 1. The highest BCUT2D eigenvalue weighted by Crippen LogP contribution is 2.27. The molecule has 2 aromatic carbocycles. The van der Waals surface area contributed by atoms with Crippen LogP contribution >= 0.6 is 11.6 Å². The second-order valence-electron chi connectivity index (χ2n) is 6.60. The molecule has 0 aliphatic rings. The Bertz CT molecular complexity index is 604. The normalized spacial score (nSPS) is 11.5. The van der Waals surface area contributed by atoms with Gasteiger partial charge in [-0.3, -0.25) is 0 Å². The molecule has 2 rings (SSSR count). The molecule has 0 atom stereocenters. The number of aryl methyl sites for hydroxylation is 2. The fraction of sp³-hybridized carbons (Fsp3) is 0.333. The van der Waals surface area contributed by atoms with Crippen molar-refractivity contribution in [2.24, 2.45) is 0 Å². The zero-order valence-corrected chi connectivity index (χ0v) is 15.2. The molecule has 0 N–H and O–H groups in total. The Labute approximate surface area is 133 Å². The quantitative estimate of drug-likeness (QED) is 0.714. The Morgan fingerprint density at radius 3 is 1.95 bits per heavy atom. The van der Waals surface area contributed by atoms with Crippen LogP contribution < -0.4 is 9.92 Å². The van der Waals surface area contributed by atoms with Crippen LogP contribution in [0.25, 0.3) is 0 Å². The smallest absolute Gasteiger partial charge is 0.125 e. The van der Waals surface area contributed by atoms with Crippen molar-refractivity contribution in [3.8, 4) is 5.75 Å². The lowest BCUT2D eigenvalue weighted by Gasteiger charge is -2.17. The van der Waals surface area contributed by atoms with Crippen molar-refractivity contribution < 1.29 is 4.74 Å². The third-order valence-electron chi connectivity index (χ3n) is 3.63. The van der Waals surface area contributed by atoms with Gasteiger partial charge in [0.1, 0.15) is 12.4 Å². The molecule has 0 aromatic heterocycles. The molecule has 0 amide bonds. The summed E-state index contributed by atoms with van der Waals surface area (Å²) >= 11 is 6.05. The van der Waals surface area contributed by atoms with Crippen LogP contribution in [0.15, 0.2) is 36.4 Å². The molecule has 1 nitrogen and oxygen atoms in total. The molecule has 0 saturated heterocycles. The first kappa shape index (κ1) is 16.1. The molecule has 2 aromatic rings. The molecule has 0 unspecified atom stereocenters. The summed E-state index contributed by atoms with van der Waals surface area (Å²) in [6.45, 7) is 11.7. The highest BCUT2D eigenvalue weighted by atomic mass is 35.5. The van der Waals surface area contributed by atoms with Crippen LogP contribution in [0.4, 0.5) is 0 Å². The zero-order valence-electron chi connectivity index (χ0n) is 13.5. The molecule has 112 valence electrons. The Morgan fingerprint density at radius 2 is 1.48 bits per heavy atom. The monoisotopic (exact) mass is 318 g/mol. The average molecular weight is 319 g/mol. The van der Waals surface area contributed by atoms with Crippen LogP contribution in [0.2, 0.25) is 24.7 Å². The van der Waals surface area contributed by atoms with Crippen molar-refractivity contribution in [3.63, 3.8) is 0 Å². The Hall–Kier alpha value is -1.25. The third kappa shape index (κ3) is 4.11. The first-order chi connectivity index (χ1) is 9.77. The summed E-state index contributed by atoms with van der Waals surface area (Å²) in [4.78, 5) is 0. The van der Waals surface area contributed by atoms with E-state index in [4.69, 9.17) is 16.3 Å². The van der Waals surface area contributed by atoms with Gasteiger partial charge in [-0.1, -0.05) is 60.7 Å². The molecular formula is C18H23ClOSi. The van der Waals surface area contributed by atoms with Gasteiger partial charge in [0.2, 0.25) is 0 Å². The maximum Gasteiger partial charge on any atom is 0.125 e. The predicted molar refractivity (Wildman–Crippen MR) is 94.7 cm³/mol. The highest BCUT2D eigenvalue weighted by Gasteiger charge is 2.15. The summed E-state index contributed by atoms with van der Waals surface area (Å²) in [6, 6.07) is 12.7. The minimum absolute atomic E-state index is 0.593. The molecule has 0 fully saturated rings. The van der Waals surface area contributed by atoms with Crippen LogP contribution in [-0.2, 0) is 6.61 Å². The molecule has 21 heavy (non-hydrogen) atoms. The maximum absolute atomic E-state index is 6.05. The van der Waals surface area contributed by atoms with Crippen molar-refractivity contribution in [3.05, 3.63) is 58.1 Å². The molecule has 0 aliphatic carbocycles. The van der Waals surface area contributed by atoms with Gasteiger partial charge in [0, 0.05) is 5.02 Å². The molecule has 0 heterocycles. The molecular weight excluding hydrogens is 296 g/mol. The first-order valence-electron chi connectivity index (χ1n) is 7.26. The summed E-state index contributed by atoms with van der Waals surface area (Å²) in [6.07, 6.45) is 0. The number of rotatable bonds is 4. The predicted octanol–water partition coefficient (Wildman–Crippen LogP) is 5.08. The van der Waals surface area contributed by atoms with Gasteiger partial charge in [-0.2, -0.15) is 0 Å². The lowest BCUT2D eigenvalue weighted by molar-refractivity contribution is 0.302. The standard InChI is InChI=1S/C18H23ClOSi/c1-13-10-16(19)11-14(2)18(13)20-12-15-6-8-17(9-7-15)21(3,4)5/h6-11H,12H2,1-5H3. The van der Waals surface area contributed by atoms with Crippen LogP contribution in [0, 0.1) is 13.8 Å². The van der Waals surface area contributed by atoms with Gasteiger partial charge in [0.25, 0.3) is 0 Å². The van der Waals surface area contributed by atoms with Gasteiger partial charge in [0.15, 0.2) is 0 Å². The minimum atomic E-state index is -1.22. The van der Waals surface area contributed by atoms with E-state index in [9.17, 15) is 0 Å². The van der Waals surface area contributed by atoms with Crippen LogP contribution in [-0.4, -0.2) is 8.07 Å².